The fourth-order valence-corrected chi connectivity index (χ4v) is 3.77. The molecule has 8 heteroatoms. The van der Waals surface area contributed by atoms with Crippen LogP contribution in [0.4, 0.5) is 9.52 Å². The van der Waals surface area contributed by atoms with E-state index in [1.165, 1.54) is 23.7 Å². The Morgan fingerprint density at radius 1 is 1.28 bits per heavy atom. The number of halogens is 1. The maximum Gasteiger partial charge on any atom is 0.231 e. The monoisotopic (exact) mass is 359 g/mol. The Hall–Kier alpha value is -2.35. The summed E-state index contributed by atoms with van der Waals surface area (Å²) >= 11 is 1.44. The molecule has 3 heterocycles. The van der Waals surface area contributed by atoms with E-state index in [2.05, 4.69) is 31.3 Å². The lowest BCUT2D eigenvalue weighted by Crippen LogP contribution is -2.34. The van der Waals surface area contributed by atoms with Crippen molar-refractivity contribution < 1.29 is 8.91 Å². The molecule has 0 aliphatic carbocycles. The Balaban J connectivity index is 1.50. The van der Waals surface area contributed by atoms with Gasteiger partial charge < -0.3 is 9.42 Å². The van der Waals surface area contributed by atoms with Crippen LogP contribution in [0, 0.1) is 5.82 Å². The van der Waals surface area contributed by atoms with Gasteiger partial charge in [0.25, 0.3) is 0 Å². The summed E-state index contributed by atoms with van der Waals surface area (Å²) < 4.78 is 22.9. The van der Waals surface area contributed by atoms with E-state index in [4.69, 9.17) is 4.52 Å². The zero-order valence-corrected chi connectivity index (χ0v) is 14.7. The minimum atomic E-state index is -0.279. The molecule has 0 N–H and O–H groups in total. The van der Waals surface area contributed by atoms with E-state index in [1.807, 2.05) is 0 Å². The lowest BCUT2D eigenvalue weighted by Gasteiger charge is -2.30. The van der Waals surface area contributed by atoms with Gasteiger partial charge in [0, 0.05) is 36.6 Å². The maximum atomic E-state index is 13.1. The minimum Gasteiger partial charge on any atom is -0.346 e. The fourth-order valence-electron chi connectivity index (χ4n) is 2.99. The first kappa shape index (κ1) is 16.1. The smallest absolute Gasteiger partial charge is 0.231 e. The number of nitrogens with zero attached hydrogens (tertiary/aromatic N) is 5. The summed E-state index contributed by atoms with van der Waals surface area (Å²) in [6.45, 7) is 3.82. The van der Waals surface area contributed by atoms with Crippen LogP contribution in [-0.4, -0.2) is 32.6 Å². The van der Waals surface area contributed by atoms with Gasteiger partial charge in [0.05, 0.1) is 5.92 Å². The zero-order valence-electron chi connectivity index (χ0n) is 13.9. The summed E-state index contributed by atoms with van der Waals surface area (Å²) in [5.41, 5.74) is 0.751. The van der Waals surface area contributed by atoms with Crippen molar-refractivity contribution in [3.63, 3.8) is 0 Å². The first-order chi connectivity index (χ1) is 12.2. The maximum absolute atomic E-state index is 13.1. The van der Waals surface area contributed by atoms with Crippen LogP contribution >= 0.6 is 11.5 Å². The Morgan fingerprint density at radius 3 is 2.88 bits per heavy atom. The van der Waals surface area contributed by atoms with Crippen LogP contribution in [0.3, 0.4) is 0 Å². The van der Waals surface area contributed by atoms with Crippen molar-refractivity contribution in [2.45, 2.75) is 32.1 Å². The van der Waals surface area contributed by atoms with Crippen molar-refractivity contribution in [3.8, 4) is 11.4 Å². The molecule has 1 aliphatic heterocycles. The van der Waals surface area contributed by atoms with Gasteiger partial charge >= 0.3 is 0 Å². The zero-order chi connectivity index (χ0) is 17.2. The van der Waals surface area contributed by atoms with Crippen molar-refractivity contribution >= 4 is 16.7 Å². The molecule has 0 unspecified atom stereocenters. The van der Waals surface area contributed by atoms with E-state index < -0.39 is 0 Å². The molecule has 130 valence electrons. The summed E-state index contributed by atoms with van der Waals surface area (Å²) in [4.78, 5) is 11.3. The van der Waals surface area contributed by atoms with E-state index >= 15 is 0 Å². The first-order valence-electron chi connectivity index (χ1n) is 8.40. The Bertz CT molecular complexity index is 847. The van der Waals surface area contributed by atoms with Crippen LogP contribution in [-0.2, 0) is 6.42 Å². The lowest BCUT2D eigenvalue weighted by molar-refractivity contribution is 0.333. The van der Waals surface area contributed by atoms with Crippen LogP contribution < -0.4 is 4.90 Å². The molecule has 1 saturated heterocycles. The van der Waals surface area contributed by atoms with E-state index in [-0.39, 0.29) is 11.7 Å². The highest BCUT2D eigenvalue weighted by Gasteiger charge is 2.28. The normalized spacial score (nSPS) is 17.8. The molecular formula is C17H18FN5OS. The molecule has 1 aromatic carbocycles. The molecule has 3 aromatic rings. The summed E-state index contributed by atoms with van der Waals surface area (Å²) in [5, 5.41) is 5.01. The quantitative estimate of drug-likeness (QED) is 0.708. The Labute approximate surface area is 148 Å². The number of rotatable bonds is 4. The first-order valence-corrected chi connectivity index (χ1v) is 9.17. The summed E-state index contributed by atoms with van der Waals surface area (Å²) in [7, 11) is 0. The van der Waals surface area contributed by atoms with E-state index in [1.54, 1.807) is 12.1 Å². The Morgan fingerprint density at radius 2 is 2.12 bits per heavy atom. The predicted molar refractivity (Wildman–Crippen MR) is 93.2 cm³/mol. The van der Waals surface area contributed by atoms with Gasteiger partial charge in [0.1, 0.15) is 11.6 Å². The van der Waals surface area contributed by atoms with E-state index in [0.29, 0.717) is 11.7 Å². The van der Waals surface area contributed by atoms with Crippen molar-refractivity contribution in [2.24, 2.45) is 0 Å². The molecule has 0 amide bonds. The fraction of sp³-hybridized carbons (Fsp3) is 0.412. The standard InChI is InChI=1S/C17H18FN5OS/c1-2-14-19-17(25-22-14)23-9-3-4-12(10-23)16-20-15(21-24-16)11-5-7-13(18)8-6-11/h5-8,12H,2-4,9-10H2,1H3/t12-/m0/s1. The van der Waals surface area contributed by atoms with Gasteiger partial charge in [-0.3, -0.25) is 0 Å². The average Bonchev–Trinajstić information content (AvgIpc) is 3.32. The van der Waals surface area contributed by atoms with E-state index in [0.717, 1.165) is 48.9 Å². The predicted octanol–water partition coefficient (Wildman–Crippen LogP) is 3.67. The molecule has 1 fully saturated rings. The second-order valence-corrected chi connectivity index (χ2v) is 6.83. The summed E-state index contributed by atoms with van der Waals surface area (Å²) in [5.74, 6) is 1.90. The number of aromatic nitrogens is 4. The molecule has 0 radical (unpaired) electrons. The topological polar surface area (TPSA) is 67.9 Å². The minimum absolute atomic E-state index is 0.171. The molecule has 0 spiro atoms. The van der Waals surface area contributed by atoms with Crippen LogP contribution in [0.1, 0.15) is 37.4 Å². The molecule has 25 heavy (non-hydrogen) atoms. The third kappa shape index (κ3) is 3.39. The van der Waals surface area contributed by atoms with Crippen LogP contribution in [0.25, 0.3) is 11.4 Å². The molecule has 1 atom stereocenters. The highest BCUT2D eigenvalue weighted by Crippen LogP contribution is 2.31. The van der Waals surface area contributed by atoms with Crippen molar-refractivity contribution in [1.29, 1.82) is 0 Å². The van der Waals surface area contributed by atoms with Crippen molar-refractivity contribution in [1.82, 2.24) is 19.5 Å². The average molecular weight is 359 g/mol. The third-order valence-corrected chi connectivity index (χ3v) is 5.17. The lowest BCUT2D eigenvalue weighted by atomic mass is 9.98. The molecule has 6 nitrogen and oxygen atoms in total. The summed E-state index contributed by atoms with van der Waals surface area (Å²) in [6, 6.07) is 6.11. The molecule has 1 aliphatic rings. The molecule has 4 rings (SSSR count). The van der Waals surface area contributed by atoms with Gasteiger partial charge in [-0.25, -0.2) is 9.37 Å². The number of anilines is 1. The Kier molecular flexibility index (Phi) is 4.44. The van der Waals surface area contributed by atoms with Gasteiger partial charge in [0.2, 0.25) is 16.8 Å². The molecular weight excluding hydrogens is 341 g/mol. The molecule has 2 aromatic heterocycles. The SMILES string of the molecule is CCc1nsc(N2CCC[C@H](c3nc(-c4ccc(F)cc4)no3)C2)n1. The highest BCUT2D eigenvalue weighted by molar-refractivity contribution is 7.09. The van der Waals surface area contributed by atoms with Crippen LogP contribution in [0.15, 0.2) is 28.8 Å². The van der Waals surface area contributed by atoms with Gasteiger partial charge in [-0.2, -0.15) is 9.36 Å². The second kappa shape index (κ2) is 6.87. The number of benzene rings is 1. The van der Waals surface area contributed by atoms with Gasteiger partial charge in [0.15, 0.2) is 0 Å². The summed E-state index contributed by atoms with van der Waals surface area (Å²) in [6.07, 6.45) is 2.89. The van der Waals surface area contributed by atoms with E-state index in [9.17, 15) is 4.39 Å². The molecule has 0 saturated carbocycles. The van der Waals surface area contributed by atoms with Crippen molar-refractivity contribution in [2.75, 3.05) is 18.0 Å². The number of piperidine rings is 1. The third-order valence-electron chi connectivity index (χ3n) is 4.36. The molecule has 0 bridgehead atoms. The number of hydrogen-bond donors (Lipinski definition) is 0. The largest absolute Gasteiger partial charge is 0.346 e. The van der Waals surface area contributed by atoms with Crippen molar-refractivity contribution in [3.05, 3.63) is 41.8 Å². The number of aryl methyl sites for hydroxylation is 1. The number of hydrogen-bond acceptors (Lipinski definition) is 7. The van der Waals surface area contributed by atoms with Gasteiger partial charge in [-0.1, -0.05) is 12.1 Å². The van der Waals surface area contributed by atoms with Crippen LogP contribution in [0.2, 0.25) is 0 Å². The van der Waals surface area contributed by atoms with Gasteiger partial charge in [-0.05, 0) is 37.1 Å². The van der Waals surface area contributed by atoms with Gasteiger partial charge in [-0.15, -0.1) is 0 Å². The van der Waals surface area contributed by atoms with Crippen LogP contribution in [0.5, 0.6) is 0 Å². The second-order valence-electron chi connectivity index (χ2n) is 6.10. The highest BCUT2D eigenvalue weighted by atomic mass is 32.1.